The van der Waals surface area contributed by atoms with Gasteiger partial charge < -0.3 is 14.4 Å². The number of rotatable bonds is 9. The minimum atomic E-state index is -4.95. The summed E-state index contributed by atoms with van der Waals surface area (Å²) in [5, 5.41) is 9.54. The maximum atomic E-state index is 13.6. The summed E-state index contributed by atoms with van der Waals surface area (Å²) in [4.78, 5) is 44.7. The normalized spacial score (nSPS) is 13.4. The third kappa shape index (κ3) is 11.0. The van der Waals surface area contributed by atoms with Crippen LogP contribution in [0.25, 0.3) is 0 Å². The number of carbonyl (C=O) groups excluding carboxylic acids is 3. The topological polar surface area (TPSA) is 169 Å². The number of nitrogens with one attached hydrogen (secondary N) is 1. The molecule has 1 aliphatic rings. The van der Waals surface area contributed by atoms with E-state index in [1.54, 1.807) is 42.2 Å². The highest BCUT2D eigenvalue weighted by Gasteiger charge is 2.34. The average Bonchev–Trinajstić information content (AvgIpc) is 3.04. The molecule has 0 atom stereocenters. The molecule has 47 heavy (non-hydrogen) atoms. The van der Waals surface area contributed by atoms with E-state index in [1.165, 1.54) is 24.4 Å². The van der Waals surface area contributed by atoms with Crippen molar-refractivity contribution < 1.29 is 49.8 Å². The van der Waals surface area contributed by atoms with Gasteiger partial charge in [-0.05, 0) is 43.5 Å². The lowest BCUT2D eigenvalue weighted by Gasteiger charge is -2.32. The Morgan fingerprint density at radius 2 is 1.77 bits per heavy atom. The van der Waals surface area contributed by atoms with Crippen molar-refractivity contribution in [1.82, 2.24) is 14.7 Å². The third-order valence-electron chi connectivity index (χ3n) is 6.55. The van der Waals surface area contributed by atoms with Gasteiger partial charge >= 0.3 is 18.3 Å². The van der Waals surface area contributed by atoms with Crippen LogP contribution in [0.5, 0.6) is 0 Å². The van der Waals surface area contributed by atoms with Crippen LogP contribution in [0.2, 0.25) is 0 Å². The maximum Gasteiger partial charge on any atom is 0.575 e. The first-order valence-corrected chi connectivity index (χ1v) is 15.6. The van der Waals surface area contributed by atoms with E-state index in [9.17, 15) is 45.6 Å². The van der Waals surface area contributed by atoms with Crippen molar-refractivity contribution in [3.05, 3.63) is 88.9 Å². The molecule has 1 saturated heterocycles. The molecule has 0 spiro atoms. The van der Waals surface area contributed by atoms with Crippen LogP contribution in [0.15, 0.2) is 60.9 Å². The molecule has 17 heteroatoms. The summed E-state index contributed by atoms with van der Waals surface area (Å²) in [6.45, 7) is 1.33. The minimum absolute atomic E-state index is 0.0913. The molecule has 0 bridgehead atoms. The van der Waals surface area contributed by atoms with Gasteiger partial charge in [-0.1, -0.05) is 30.3 Å². The first kappa shape index (κ1) is 36.4. The van der Waals surface area contributed by atoms with Crippen LogP contribution in [0, 0.1) is 17.2 Å². The molecule has 0 aliphatic carbocycles. The average molecular weight is 680 g/mol. The number of pyridine rings is 2. The summed E-state index contributed by atoms with van der Waals surface area (Å²) >= 11 is 0. The Bertz CT molecular complexity index is 1700. The van der Waals surface area contributed by atoms with Gasteiger partial charge in [-0.3, -0.25) is 14.5 Å². The number of piperidine rings is 1. The van der Waals surface area contributed by atoms with Crippen LogP contribution in [-0.2, 0) is 36.7 Å². The number of sulfonamides is 1. The lowest BCUT2D eigenvalue weighted by Crippen LogP contribution is -2.43. The standard InChI is InChI=1S/C23H25FN4O5S.C7H4F3NO2/c1-2-33-23(30)19-12-18(14-25)21(26-20(19)13-24)28-10-8-17(9-11-28)22(29)27-34(31,32)15-16-6-4-3-5-7-16;8-7(9,10)13-6(12)5-2-1-3-11-4-5/h3-7,12,17H,2,8-11,13,15H2,1H3,(H,27,29);1-4H. The number of esters is 2. The Balaban J connectivity index is 0.000000386. The quantitative estimate of drug-likeness (QED) is 0.254. The molecule has 3 heterocycles. The van der Waals surface area contributed by atoms with Crippen LogP contribution in [0.4, 0.5) is 23.4 Å². The van der Waals surface area contributed by atoms with Gasteiger partial charge in [0.05, 0.1) is 34.7 Å². The number of anilines is 1. The Kier molecular flexibility index (Phi) is 12.7. The van der Waals surface area contributed by atoms with Crippen molar-refractivity contribution in [1.29, 1.82) is 5.26 Å². The molecule has 1 aliphatic heterocycles. The summed E-state index contributed by atoms with van der Waals surface area (Å²) < 4.78 is 83.1. The second-order valence-corrected chi connectivity index (χ2v) is 11.6. The maximum absolute atomic E-state index is 13.6. The first-order chi connectivity index (χ1) is 22.3. The van der Waals surface area contributed by atoms with E-state index in [0.717, 1.165) is 6.20 Å². The van der Waals surface area contributed by atoms with Crippen LogP contribution in [0.3, 0.4) is 0 Å². The highest BCUT2D eigenvalue weighted by atomic mass is 32.2. The number of hydrogen-bond acceptors (Lipinski definition) is 11. The number of alkyl halides is 4. The molecule has 250 valence electrons. The number of ether oxygens (including phenoxy) is 2. The minimum Gasteiger partial charge on any atom is -0.462 e. The monoisotopic (exact) mass is 679 g/mol. The predicted octanol–water partition coefficient (Wildman–Crippen LogP) is 4.22. The number of carbonyl (C=O) groups is 3. The second kappa shape index (κ2) is 16.5. The van der Waals surface area contributed by atoms with Gasteiger partial charge in [0.25, 0.3) is 0 Å². The predicted molar refractivity (Wildman–Crippen MR) is 158 cm³/mol. The van der Waals surface area contributed by atoms with E-state index >= 15 is 0 Å². The van der Waals surface area contributed by atoms with Crippen molar-refractivity contribution in [2.75, 3.05) is 24.6 Å². The van der Waals surface area contributed by atoms with Crippen molar-refractivity contribution >= 4 is 33.7 Å². The van der Waals surface area contributed by atoms with Gasteiger partial charge in [0.2, 0.25) is 15.9 Å². The fraction of sp³-hybridized carbons (Fsp3) is 0.333. The second-order valence-electron chi connectivity index (χ2n) is 9.87. The summed E-state index contributed by atoms with van der Waals surface area (Å²) in [6, 6.07) is 14.3. The first-order valence-electron chi connectivity index (χ1n) is 14.0. The van der Waals surface area contributed by atoms with Crippen LogP contribution < -0.4 is 9.62 Å². The molecule has 1 fully saturated rings. The van der Waals surface area contributed by atoms with Crippen LogP contribution >= 0.6 is 0 Å². The van der Waals surface area contributed by atoms with Gasteiger partial charge in [-0.2, -0.15) is 5.26 Å². The van der Waals surface area contributed by atoms with E-state index in [1.807, 2.05) is 6.07 Å². The van der Waals surface area contributed by atoms with E-state index in [0.29, 0.717) is 31.5 Å². The zero-order valence-electron chi connectivity index (χ0n) is 24.9. The van der Waals surface area contributed by atoms with Crippen molar-refractivity contribution in [3.8, 4) is 6.07 Å². The van der Waals surface area contributed by atoms with Crippen molar-refractivity contribution in [3.63, 3.8) is 0 Å². The van der Waals surface area contributed by atoms with Crippen molar-refractivity contribution in [2.45, 2.75) is 38.6 Å². The molecular weight excluding hydrogens is 650 g/mol. The zero-order chi connectivity index (χ0) is 34.6. The van der Waals surface area contributed by atoms with E-state index < -0.39 is 46.8 Å². The molecular formula is C30H29F4N5O7S. The zero-order valence-corrected chi connectivity index (χ0v) is 25.7. The summed E-state index contributed by atoms with van der Waals surface area (Å²) in [6.07, 6.45) is -1.97. The summed E-state index contributed by atoms with van der Waals surface area (Å²) in [5.74, 6) is -3.40. The summed E-state index contributed by atoms with van der Waals surface area (Å²) in [7, 11) is -3.84. The Hall–Kier alpha value is -5.11. The van der Waals surface area contributed by atoms with Gasteiger partial charge in [-0.25, -0.2) is 27.4 Å². The summed E-state index contributed by atoms with van der Waals surface area (Å²) in [5.41, 5.74) is 0.206. The van der Waals surface area contributed by atoms with E-state index in [4.69, 9.17) is 4.74 Å². The van der Waals surface area contributed by atoms with E-state index in [-0.39, 0.29) is 40.6 Å². The SMILES string of the molecule is CCOC(=O)c1cc(C#N)c(N2CCC(C(=O)NS(=O)(=O)Cc3ccccc3)CC2)nc1CF.O=C(OC(F)(F)F)c1cccnc1. The number of nitrogens with zero attached hydrogens (tertiary/aromatic N) is 4. The molecule has 0 radical (unpaired) electrons. The number of amides is 1. The molecule has 1 N–H and O–H groups in total. The smallest absolute Gasteiger partial charge is 0.462 e. The molecule has 4 rings (SSSR count). The Morgan fingerprint density at radius 1 is 1.09 bits per heavy atom. The third-order valence-corrected chi connectivity index (χ3v) is 7.78. The van der Waals surface area contributed by atoms with Gasteiger partial charge in [0.1, 0.15) is 18.6 Å². The highest BCUT2D eigenvalue weighted by molar-refractivity contribution is 7.89. The number of halogens is 4. The fourth-order valence-electron chi connectivity index (χ4n) is 4.42. The Labute approximate surface area is 267 Å². The molecule has 1 amide bonds. The van der Waals surface area contributed by atoms with Gasteiger partial charge in [0.15, 0.2) is 0 Å². The molecule has 2 aromatic heterocycles. The lowest BCUT2D eigenvalue weighted by molar-refractivity contribution is -0.291. The molecule has 1 aromatic carbocycles. The van der Waals surface area contributed by atoms with Crippen LogP contribution in [0.1, 0.15) is 57.3 Å². The van der Waals surface area contributed by atoms with Gasteiger partial charge in [-0.15, -0.1) is 13.2 Å². The lowest BCUT2D eigenvalue weighted by atomic mass is 9.96. The highest BCUT2D eigenvalue weighted by Crippen LogP contribution is 2.27. The number of benzene rings is 1. The number of hydrogen-bond donors (Lipinski definition) is 1. The largest absolute Gasteiger partial charge is 0.575 e. The van der Waals surface area contributed by atoms with Crippen molar-refractivity contribution in [2.24, 2.45) is 5.92 Å². The fourth-order valence-corrected chi connectivity index (χ4v) is 5.60. The van der Waals surface area contributed by atoms with E-state index in [2.05, 4.69) is 19.4 Å². The van der Waals surface area contributed by atoms with Crippen LogP contribution in [-0.4, -0.2) is 62.3 Å². The molecule has 12 nitrogen and oxygen atoms in total. The molecule has 0 unspecified atom stereocenters. The number of nitriles is 1. The molecule has 3 aromatic rings. The van der Waals surface area contributed by atoms with Gasteiger partial charge in [0, 0.05) is 31.4 Å². The molecule has 0 saturated carbocycles. The Morgan fingerprint density at radius 3 is 2.32 bits per heavy atom. The number of aromatic nitrogens is 2.